The number of phenolic OH excluding ortho intramolecular Hbond substituents is 2. The van der Waals surface area contributed by atoms with E-state index in [1.807, 2.05) is 0 Å². The Hall–Kier alpha value is -3.23. The lowest BCUT2D eigenvalue weighted by Crippen LogP contribution is -2.26. The molecule has 4 N–H and O–H groups in total. The van der Waals surface area contributed by atoms with E-state index in [9.17, 15) is 23.1 Å². The Morgan fingerprint density at radius 1 is 1.16 bits per heavy atom. The van der Waals surface area contributed by atoms with Crippen LogP contribution < -0.4 is 10.7 Å². The number of anilines is 1. The maximum atomic E-state index is 12.6. The van der Waals surface area contributed by atoms with Crippen LogP contribution >= 0.6 is 0 Å². The molecule has 0 saturated carbocycles. The molecule has 132 valence electrons. The van der Waals surface area contributed by atoms with E-state index >= 15 is 0 Å². The molecule has 0 atom stereocenters. The smallest absolute Gasteiger partial charge is 0.416 e. The molecule has 0 bridgehead atoms. The molecule has 6 nitrogen and oxygen atoms in total. The average molecular weight is 353 g/mol. The molecule has 0 radical (unpaired) electrons. The number of benzene rings is 2. The van der Waals surface area contributed by atoms with Gasteiger partial charge in [-0.25, -0.2) is 5.43 Å². The number of rotatable bonds is 5. The Labute approximate surface area is 140 Å². The fraction of sp³-hybridized carbons (Fsp3) is 0.125. The first-order chi connectivity index (χ1) is 11.8. The number of hydrogen-bond donors (Lipinski definition) is 4. The SMILES string of the molecule is O=C(CNc1cccc(C(F)(F)F)c1)N/N=C/c1ccc(O)cc1O. The number of carbonyl (C=O) groups excluding carboxylic acids is 1. The van der Waals surface area contributed by atoms with Crippen LogP contribution in [-0.2, 0) is 11.0 Å². The summed E-state index contributed by atoms with van der Waals surface area (Å²) >= 11 is 0. The summed E-state index contributed by atoms with van der Waals surface area (Å²) in [6.07, 6.45) is -3.30. The molecular formula is C16H14F3N3O3. The second-order valence-corrected chi connectivity index (χ2v) is 4.97. The number of amides is 1. The molecule has 1 amide bonds. The van der Waals surface area contributed by atoms with Crippen LogP contribution in [0.2, 0.25) is 0 Å². The van der Waals surface area contributed by atoms with E-state index in [1.54, 1.807) is 0 Å². The molecule has 9 heteroatoms. The van der Waals surface area contributed by atoms with Crippen LogP contribution in [0, 0.1) is 0 Å². The third kappa shape index (κ3) is 5.41. The monoisotopic (exact) mass is 353 g/mol. The number of hydrogen-bond acceptors (Lipinski definition) is 5. The van der Waals surface area contributed by atoms with Crippen molar-refractivity contribution in [3.63, 3.8) is 0 Å². The van der Waals surface area contributed by atoms with Crippen LogP contribution in [0.1, 0.15) is 11.1 Å². The minimum Gasteiger partial charge on any atom is -0.508 e. The van der Waals surface area contributed by atoms with Gasteiger partial charge >= 0.3 is 6.18 Å². The summed E-state index contributed by atoms with van der Waals surface area (Å²) in [5.74, 6) is -0.934. The third-order valence-electron chi connectivity index (χ3n) is 3.05. The van der Waals surface area contributed by atoms with Crippen LogP contribution in [0.4, 0.5) is 18.9 Å². The van der Waals surface area contributed by atoms with Crippen molar-refractivity contribution >= 4 is 17.8 Å². The standard InChI is InChI=1S/C16H14F3N3O3/c17-16(18,19)11-2-1-3-12(6-11)20-9-15(25)22-21-8-10-4-5-13(23)7-14(10)24/h1-8,20,23-24H,9H2,(H,22,25)/b21-8+. The Kier molecular flexibility index (Phi) is 5.48. The molecule has 0 fully saturated rings. The van der Waals surface area contributed by atoms with Gasteiger partial charge in [-0.3, -0.25) is 4.79 Å². The van der Waals surface area contributed by atoms with Gasteiger partial charge in [0.2, 0.25) is 0 Å². The predicted molar refractivity (Wildman–Crippen MR) is 85.4 cm³/mol. The Morgan fingerprint density at radius 3 is 2.60 bits per heavy atom. The third-order valence-corrected chi connectivity index (χ3v) is 3.05. The summed E-state index contributed by atoms with van der Waals surface area (Å²) in [5, 5.41) is 24.8. The quantitative estimate of drug-likeness (QED) is 0.491. The highest BCUT2D eigenvalue weighted by molar-refractivity contribution is 5.86. The zero-order valence-electron chi connectivity index (χ0n) is 12.7. The van der Waals surface area contributed by atoms with Crippen molar-refractivity contribution in [2.45, 2.75) is 6.18 Å². The summed E-state index contributed by atoms with van der Waals surface area (Å²) in [6, 6.07) is 8.29. The minimum absolute atomic E-state index is 0.121. The van der Waals surface area contributed by atoms with Gasteiger partial charge in [0.15, 0.2) is 0 Å². The van der Waals surface area contributed by atoms with Crippen molar-refractivity contribution in [2.75, 3.05) is 11.9 Å². The molecule has 2 rings (SSSR count). The molecule has 0 heterocycles. The minimum atomic E-state index is -4.46. The van der Waals surface area contributed by atoms with E-state index in [2.05, 4.69) is 15.8 Å². The summed E-state index contributed by atoms with van der Waals surface area (Å²) < 4.78 is 37.8. The largest absolute Gasteiger partial charge is 0.508 e. The van der Waals surface area contributed by atoms with E-state index in [4.69, 9.17) is 5.11 Å². The van der Waals surface area contributed by atoms with Gasteiger partial charge in [-0.15, -0.1) is 0 Å². The van der Waals surface area contributed by atoms with Crippen molar-refractivity contribution in [3.8, 4) is 11.5 Å². The van der Waals surface area contributed by atoms with E-state index < -0.39 is 17.6 Å². The van der Waals surface area contributed by atoms with Crippen molar-refractivity contribution in [2.24, 2.45) is 5.10 Å². The van der Waals surface area contributed by atoms with Crippen LogP contribution in [-0.4, -0.2) is 28.9 Å². The molecule has 0 spiro atoms. The van der Waals surface area contributed by atoms with Crippen LogP contribution in [0.15, 0.2) is 47.6 Å². The van der Waals surface area contributed by atoms with Crippen molar-refractivity contribution in [1.29, 1.82) is 0 Å². The number of hydrazone groups is 1. The lowest BCUT2D eigenvalue weighted by atomic mass is 10.2. The van der Waals surface area contributed by atoms with Gasteiger partial charge in [-0.2, -0.15) is 18.3 Å². The lowest BCUT2D eigenvalue weighted by molar-refractivity contribution is -0.137. The van der Waals surface area contributed by atoms with E-state index in [0.29, 0.717) is 0 Å². The molecule has 0 aliphatic rings. The first kappa shape index (κ1) is 18.1. The van der Waals surface area contributed by atoms with Crippen LogP contribution in [0.25, 0.3) is 0 Å². The van der Waals surface area contributed by atoms with Crippen molar-refractivity contribution in [1.82, 2.24) is 5.43 Å². The number of carbonyl (C=O) groups is 1. The van der Waals surface area contributed by atoms with Crippen LogP contribution in [0.3, 0.4) is 0 Å². The molecule has 0 saturated heterocycles. The topological polar surface area (TPSA) is 94.0 Å². The first-order valence-corrected chi connectivity index (χ1v) is 7.01. The summed E-state index contributed by atoms with van der Waals surface area (Å²) in [7, 11) is 0. The average Bonchev–Trinajstić information content (AvgIpc) is 2.54. The number of halogens is 3. The molecule has 0 unspecified atom stereocenters. The van der Waals surface area contributed by atoms with Gasteiger partial charge < -0.3 is 15.5 Å². The summed E-state index contributed by atoms with van der Waals surface area (Å²) in [4.78, 5) is 11.6. The van der Waals surface area contributed by atoms with Gasteiger partial charge in [0.05, 0.1) is 18.3 Å². The second kappa shape index (κ2) is 7.56. The zero-order chi connectivity index (χ0) is 18.4. The van der Waals surface area contributed by atoms with Crippen molar-refractivity contribution < 1.29 is 28.2 Å². The number of nitrogens with one attached hydrogen (secondary N) is 2. The first-order valence-electron chi connectivity index (χ1n) is 7.01. The predicted octanol–water partition coefficient (Wildman–Crippen LogP) is 2.68. The van der Waals surface area contributed by atoms with Gasteiger partial charge in [0.25, 0.3) is 5.91 Å². The number of nitrogens with zero attached hydrogens (tertiary/aromatic N) is 1. The number of alkyl halides is 3. The Balaban J connectivity index is 1.88. The van der Waals surface area contributed by atoms with Gasteiger partial charge in [-0.05, 0) is 30.3 Å². The number of aromatic hydroxyl groups is 2. The highest BCUT2D eigenvalue weighted by atomic mass is 19.4. The normalized spacial score (nSPS) is 11.5. The molecule has 2 aromatic rings. The molecule has 2 aromatic carbocycles. The molecule has 25 heavy (non-hydrogen) atoms. The zero-order valence-corrected chi connectivity index (χ0v) is 12.7. The summed E-state index contributed by atoms with van der Waals surface area (Å²) in [5.41, 5.74) is 1.75. The van der Waals surface area contributed by atoms with Gasteiger partial charge in [0, 0.05) is 17.3 Å². The van der Waals surface area contributed by atoms with Gasteiger partial charge in [0.1, 0.15) is 11.5 Å². The fourth-order valence-corrected chi connectivity index (χ4v) is 1.84. The highest BCUT2D eigenvalue weighted by Gasteiger charge is 2.30. The molecular weight excluding hydrogens is 339 g/mol. The van der Waals surface area contributed by atoms with E-state index in [-0.39, 0.29) is 29.3 Å². The molecule has 0 aliphatic carbocycles. The fourth-order valence-electron chi connectivity index (χ4n) is 1.84. The second-order valence-electron chi connectivity index (χ2n) is 4.97. The molecule has 0 aromatic heterocycles. The molecule has 0 aliphatic heterocycles. The lowest BCUT2D eigenvalue weighted by Gasteiger charge is -2.10. The van der Waals surface area contributed by atoms with Crippen LogP contribution in [0.5, 0.6) is 11.5 Å². The van der Waals surface area contributed by atoms with Crippen molar-refractivity contribution in [3.05, 3.63) is 53.6 Å². The maximum absolute atomic E-state index is 12.6. The summed E-state index contributed by atoms with van der Waals surface area (Å²) in [6.45, 7) is -0.291. The Morgan fingerprint density at radius 2 is 1.92 bits per heavy atom. The Bertz CT molecular complexity index is 792. The number of phenols is 2. The maximum Gasteiger partial charge on any atom is 0.416 e. The van der Waals surface area contributed by atoms with E-state index in [0.717, 1.165) is 24.4 Å². The van der Waals surface area contributed by atoms with E-state index in [1.165, 1.54) is 24.3 Å². The highest BCUT2D eigenvalue weighted by Crippen LogP contribution is 2.30. The van der Waals surface area contributed by atoms with Gasteiger partial charge in [-0.1, -0.05) is 6.07 Å².